The molecule has 0 spiro atoms. The number of rotatable bonds is 5. The van der Waals surface area contributed by atoms with Crippen molar-refractivity contribution in [1.82, 2.24) is 9.78 Å². The summed E-state index contributed by atoms with van der Waals surface area (Å²) in [5, 5.41) is 14.3. The van der Waals surface area contributed by atoms with Crippen molar-refractivity contribution in [3.8, 4) is 17.6 Å². The number of nitrogens with zero attached hydrogens (tertiary/aromatic N) is 3. The highest BCUT2D eigenvalue weighted by atomic mass is 32.2. The van der Waals surface area contributed by atoms with Gasteiger partial charge in [0.2, 0.25) is 0 Å². The normalized spacial score (nSPS) is 23.1. The van der Waals surface area contributed by atoms with E-state index in [0.717, 1.165) is 59.7 Å². The second-order valence-corrected chi connectivity index (χ2v) is 11.0. The number of ether oxygens (including phenoxy) is 1. The van der Waals surface area contributed by atoms with Crippen molar-refractivity contribution >= 4 is 9.84 Å². The SMILES string of the molecule is Cc1cc(Oc2c(C3CC3)nn(C3CCS(=O)(=O)C3)c2C2CC2)cc(C)c1C#N. The fourth-order valence-electron chi connectivity index (χ4n) is 4.43. The van der Waals surface area contributed by atoms with Gasteiger partial charge in [-0.3, -0.25) is 4.68 Å². The predicted octanol–water partition coefficient (Wildman–Crippen LogP) is 4.28. The third-order valence-corrected chi connectivity index (χ3v) is 8.00. The maximum absolute atomic E-state index is 12.1. The number of sulfone groups is 1. The quantitative estimate of drug-likeness (QED) is 0.733. The molecule has 1 atom stereocenters. The molecule has 2 aliphatic carbocycles. The van der Waals surface area contributed by atoms with E-state index in [1.807, 2.05) is 30.7 Å². The molecule has 5 rings (SSSR count). The lowest BCUT2D eigenvalue weighted by Crippen LogP contribution is -2.15. The number of aromatic nitrogens is 2. The molecule has 1 aliphatic heterocycles. The molecule has 152 valence electrons. The minimum atomic E-state index is -2.98. The lowest BCUT2D eigenvalue weighted by Gasteiger charge is -2.15. The van der Waals surface area contributed by atoms with Gasteiger partial charge in [-0.25, -0.2) is 8.42 Å². The van der Waals surface area contributed by atoms with Crippen molar-refractivity contribution < 1.29 is 13.2 Å². The first-order valence-corrected chi connectivity index (χ1v) is 12.2. The van der Waals surface area contributed by atoms with Crippen LogP contribution in [0.1, 0.15) is 78.1 Å². The summed E-state index contributed by atoms with van der Waals surface area (Å²) in [5.41, 5.74) is 4.55. The fraction of sp³-hybridized carbons (Fsp3) is 0.545. The Kier molecular flexibility index (Phi) is 4.25. The first-order chi connectivity index (χ1) is 13.9. The van der Waals surface area contributed by atoms with E-state index in [-0.39, 0.29) is 17.5 Å². The standard InChI is InChI=1S/C22H25N3O3S/c1-13-9-18(10-14(2)19(13)11-23)28-22-20(15-3-4-15)24-25(21(22)16-5-6-16)17-7-8-29(26,27)12-17/h9-10,15-17H,3-8,12H2,1-2H3. The summed E-state index contributed by atoms with van der Waals surface area (Å²) in [4.78, 5) is 0. The Morgan fingerprint density at radius 3 is 2.28 bits per heavy atom. The van der Waals surface area contributed by atoms with Gasteiger partial charge in [-0.1, -0.05) is 0 Å². The number of benzene rings is 1. The number of nitriles is 1. The van der Waals surface area contributed by atoms with Gasteiger partial charge in [0.05, 0.1) is 34.9 Å². The summed E-state index contributed by atoms with van der Waals surface area (Å²) in [6.07, 6.45) is 5.02. The van der Waals surface area contributed by atoms with Gasteiger partial charge in [0.1, 0.15) is 11.4 Å². The van der Waals surface area contributed by atoms with Crippen LogP contribution in [0.3, 0.4) is 0 Å². The van der Waals surface area contributed by atoms with Gasteiger partial charge in [0.15, 0.2) is 15.6 Å². The fourth-order valence-corrected chi connectivity index (χ4v) is 6.12. The van der Waals surface area contributed by atoms with Crippen LogP contribution in [0.4, 0.5) is 0 Å². The Labute approximate surface area is 171 Å². The Morgan fingerprint density at radius 2 is 1.76 bits per heavy atom. The van der Waals surface area contributed by atoms with Gasteiger partial charge in [0.25, 0.3) is 0 Å². The summed E-state index contributed by atoms with van der Waals surface area (Å²) in [6.45, 7) is 3.85. The third-order valence-electron chi connectivity index (χ3n) is 6.25. The Balaban J connectivity index is 1.58. The van der Waals surface area contributed by atoms with Crippen molar-refractivity contribution in [3.05, 3.63) is 40.2 Å². The van der Waals surface area contributed by atoms with Crippen molar-refractivity contribution in [2.45, 2.75) is 63.8 Å². The van der Waals surface area contributed by atoms with Crippen molar-refractivity contribution in [1.29, 1.82) is 5.26 Å². The van der Waals surface area contributed by atoms with Crippen LogP contribution in [0.2, 0.25) is 0 Å². The minimum Gasteiger partial charge on any atom is -0.453 e. The van der Waals surface area contributed by atoms with E-state index >= 15 is 0 Å². The molecule has 0 radical (unpaired) electrons. The van der Waals surface area contributed by atoms with Gasteiger partial charge in [-0.2, -0.15) is 10.4 Å². The monoisotopic (exact) mass is 411 g/mol. The molecular formula is C22H25N3O3S. The van der Waals surface area contributed by atoms with E-state index in [1.54, 1.807) is 0 Å². The van der Waals surface area contributed by atoms with E-state index in [0.29, 0.717) is 23.8 Å². The van der Waals surface area contributed by atoms with Gasteiger partial charge < -0.3 is 4.74 Å². The zero-order valence-electron chi connectivity index (χ0n) is 16.8. The number of hydrogen-bond donors (Lipinski definition) is 0. The zero-order chi connectivity index (χ0) is 20.3. The molecule has 0 bridgehead atoms. The predicted molar refractivity (Wildman–Crippen MR) is 109 cm³/mol. The summed E-state index contributed by atoms with van der Waals surface area (Å²) >= 11 is 0. The second kappa shape index (κ2) is 6.60. The molecule has 1 aromatic carbocycles. The Morgan fingerprint density at radius 1 is 1.10 bits per heavy atom. The van der Waals surface area contributed by atoms with Crippen LogP contribution in [-0.4, -0.2) is 29.7 Å². The molecule has 6 nitrogen and oxygen atoms in total. The smallest absolute Gasteiger partial charge is 0.172 e. The largest absolute Gasteiger partial charge is 0.453 e. The van der Waals surface area contributed by atoms with Crippen molar-refractivity contribution in [2.24, 2.45) is 0 Å². The van der Waals surface area contributed by atoms with Crippen LogP contribution in [0.25, 0.3) is 0 Å². The van der Waals surface area contributed by atoms with Crippen LogP contribution >= 0.6 is 0 Å². The van der Waals surface area contributed by atoms with E-state index in [2.05, 4.69) is 6.07 Å². The molecule has 2 aromatic rings. The molecule has 0 N–H and O–H groups in total. The average molecular weight is 412 g/mol. The van der Waals surface area contributed by atoms with Gasteiger partial charge in [-0.05, 0) is 69.2 Å². The van der Waals surface area contributed by atoms with Gasteiger partial charge in [0, 0.05) is 11.8 Å². The molecule has 1 unspecified atom stereocenters. The number of hydrogen-bond acceptors (Lipinski definition) is 5. The van der Waals surface area contributed by atoms with E-state index < -0.39 is 9.84 Å². The molecule has 0 amide bonds. The highest BCUT2D eigenvalue weighted by molar-refractivity contribution is 7.91. The molecule has 1 saturated heterocycles. The van der Waals surface area contributed by atoms with Gasteiger partial charge in [-0.15, -0.1) is 0 Å². The van der Waals surface area contributed by atoms with Crippen LogP contribution in [0.5, 0.6) is 11.5 Å². The van der Waals surface area contributed by atoms with Crippen molar-refractivity contribution in [2.75, 3.05) is 11.5 Å². The average Bonchev–Trinajstić information content (AvgIpc) is 3.57. The summed E-state index contributed by atoms with van der Waals surface area (Å²) in [6, 6.07) is 5.99. The summed E-state index contributed by atoms with van der Waals surface area (Å²) in [5.74, 6) is 2.78. The Bertz CT molecular complexity index is 1110. The van der Waals surface area contributed by atoms with E-state index in [4.69, 9.17) is 9.84 Å². The lowest BCUT2D eigenvalue weighted by molar-refractivity contribution is 0.452. The summed E-state index contributed by atoms with van der Waals surface area (Å²) < 4.78 is 32.6. The summed E-state index contributed by atoms with van der Waals surface area (Å²) in [7, 11) is -2.98. The Hall–Kier alpha value is -2.33. The number of aryl methyl sites for hydroxylation is 2. The molecule has 29 heavy (non-hydrogen) atoms. The highest BCUT2D eigenvalue weighted by Gasteiger charge is 2.42. The molecular weight excluding hydrogens is 386 g/mol. The first-order valence-electron chi connectivity index (χ1n) is 10.4. The lowest BCUT2D eigenvalue weighted by atomic mass is 10.0. The maximum atomic E-state index is 12.1. The molecule has 3 aliphatic rings. The topological polar surface area (TPSA) is 85.0 Å². The van der Waals surface area contributed by atoms with E-state index in [1.165, 1.54) is 0 Å². The van der Waals surface area contributed by atoms with Crippen LogP contribution in [0.15, 0.2) is 12.1 Å². The molecule has 7 heteroatoms. The molecule has 1 aromatic heterocycles. The molecule has 2 saturated carbocycles. The second-order valence-electron chi connectivity index (χ2n) is 8.80. The molecule has 3 fully saturated rings. The molecule has 2 heterocycles. The third kappa shape index (κ3) is 3.44. The van der Waals surface area contributed by atoms with E-state index in [9.17, 15) is 13.7 Å². The van der Waals surface area contributed by atoms with Crippen LogP contribution < -0.4 is 4.74 Å². The van der Waals surface area contributed by atoms with Crippen molar-refractivity contribution in [3.63, 3.8) is 0 Å². The minimum absolute atomic E-state index is 0.0881. The van der Waals surface area contributed by atoms with Crippen LogP contribution in [0, 0.1) is 25.2 Å². The first kappa shape index (κ1) is 18.7. The van der Waals surface area contributed by atoms with Gasteiger partial charge >= 0.3 is 0 Å². The zero-order valence-corrected chi connectivity index (χ0v) is 17.6. The maximum Gasteiger partial charge on any atom is 0.172 e. The highest BCUT2D eigenvalue weighted by Crippen LogP contribution is 2.53. The van der Waals surface area contributed by atoms with Crippen LogP contribution in [-0.2, 0) is 9.84 Å².